The Morgan fingerprint density at radius 1 is 1.06 bits per heavy atom. The van der Waals surface area contributed by atoms with Gasteiger partial charge in [0.25, 0.3) is 5.91 Å². The van der Waals surface area contributed by atoms with E-state index >= 15 is 0 Å². The van der Waals surface area contributed by atoms with Gasteiger partial charge in [0.05, 0.1) is 30.1 Å². The number of nitrogens with one attached hydrogen (secondary N) is 3. The zero-order chi connectivity index (χ0) is 37.5. The topological polar surface area (TPSA) is 182 Å². The first-order chi connectivity index (χ1) is 25.4. The van der Waals surface area contributed by atoms with Gasteiger partial charge in [0, 0.05) is 11.8 Å². The Balaban J connectivity index is 1.18. The van der Waals surface area contributed by atoms with Crippen LogP contribution in [0.3, 0.4) is 0 Å². The van der Waals surface area contributed by atoms with E-state index in [4.69, 9.17) is 19.2 Å². The minimum Gasteiger partial charge on any atom is -0.497 e. The summed E-state index contributed by atoms with van der Waals surface area (Å²) in [6, 6.07) is 5.51. The van der Waals surface area contributed by atoms with Crippen molar-refractivity contribution < 1.29 is 41.8 Å². The molecule has 2 aromatic rings. The zero-order valence-electron chi connectivity index (χ0n) is 30.7. The number of benzene rings is 1. The lowest BCUT2D eigenvalue weighted by Crippen LogP contribution is -2.58. The van der Waals surface area contributed by atoms with Crippen LogP contribution in [0, 0.1) is 11.8 Å². The van der Waals surface area contributed by atoms with Gasteiger partial charge in [0.2, 0.25) is 21.8 Å². The molecule has 7 atom stereocenters. The number of amides is 4. The molecule has 15 heteroatoms. The lowest BCUT2D eigenvalue weighted by molar-refractivity contribution is -0.140. The fourth-order valence-electron chi connectivity index (χ4n) is 8.46. The summed E-state index contributed by atoms with van der Waals surface area (Å²) in [6.07, 6.45) is 7.56. The normalized spacial score (nSPS) is 30.8. The summed E-state index contributed by atoms with van der Waals surface area (Å²) in [5.41, 5.74) is 0.176. The molecule has 14 nitrogen and oxygen atoms in total. The molecule has 3 aliphatic carbocycles. The van der Waals surface area contributed by atoms with Crippen LogP contribution < -0.4 is 24.8 Å². The van der Waals surface area contributed by atoms with Crippen LogP contribution in [0.2, 0.25) is 0 Å². The van der Waals surface area contributed by atoms with Crippen LogP contribution in [0.1, 0.15) is 96.6 Å². The van der Waals surface area contributed by atoms with Gasteiger partial charge in [0.15, 0.2) is 0 Å². The first-order valence-electron chi connectivity index (χ1n) is 19.2. The van der Waals surface area contributed by atoms with Crippen molar-refractivity contribution in [2.45, 2.75) is 132 Å². The summed E-state index contributed by atoms with van der Waals surface area (Å²) in [7, 11) is -2.25. The maximum absolute atomic E-state index is 14.2. The average molecular weight is 754 g/mol. The molecule has 0 unspecified atom stereocenters. The molecule has 4 fully saturated rings. The SMILES string of the molecule is CC[C@@H]1C[C@]1(NC(=O)[C@@H]1C[C@@H]2CN1C(=O)[C@H](C)NC(=O)O[C@@H]1CCC[C@H]1CCCCCc1nc3ccc(OC)cc3cc1O2)C(=O)NS(=O)(=O)C1CC1. The number of sulfonamides is 1. The second kappa shape index (κ2) is 14.9. The van der Waals surface area contributed by atoms with Gasteiger partial charge < -0.3 is 29.7 Å². The minimum atomic E-state index is -3.85. The highest BCUT2D eigenvalue weighted by atomic mass is 32.2. The molecule has 1 saturated heterocycles. The predicted molar refractivity (Wildman–Crippen MR) is 195 cm³/mol. The van der Waals surface area contributed by atoms with Crippen molar-refractivity contribution in [2.24, 2.45) is 11.8 Å². The molecule has 3 N–H and O–H groups in total. The van der Waals surface area contributed by atoms with E-state index in [0.717, 1.165) is 61.5 Å². The molecule has 0 spiro atoms. The van der Waals surface area contributed by atoms with Crippen molar-refractivity contribution >= 4 is 44.7 Å². The van der Waals surface area contributed by atoms with Gasteiger partial charge in [-0.3, -0.25) is 19.1 Å². The summed E-state index contributed by atoms with van der Waals surface area (Å²) in [5, 5.41) is 5.79. The molecule has 2 bridgehead atoms. The molecule has 1 aromatic carbocycles. The van der Waals surface area contributed by atoms with Gasteiger partial charge in [-0.25, -0.2) is 18.2 Å². The Kier molecular flexibility index (Phi) is 10.5. The van der Waals surface area contributed by atoms with Gasteiger partial charge in [-0.05, 0) is 101 Å². The van der Waals surface area contributed by atoms with E-state index in [1.807, 2.05) is 31.2 Å². The van der Waals surface area contributed by atoms with E-state index < -0.39 is 62.8 Å². The summed E-state index contributed by atoms with van der Waals surface area (Å²) < 4.78 is 45.6. The van der Waals surface area contributed by atoms with Crippen LogP contribution >= 0.6 is 0 Å². The highest BCUT2D eigenvalue weighted by Crippen LogP contribution is 2.47. The van der Waals surface area contributed by atoms with Crippen molar-refractivity contribution in [2.75, 3.05) is 13.7 Å². The minimum absolute atomic E-state index is 0.0325. The van der Waals surface area contributed by atoms with Crippen molar-refractivity contribution in [1.82, 2.24) is 25.2 Å². The molecular weight excluding hydrogens is 703 g/mol. The fraction of sp³-hybridized carbons (Fsp3) is 0.658. The number of hydrogen-bond donors (Lipinski definition) is 3. The number of carbonyl (C=O) groups is 4. The Bertz CT molecular complexity index is 1870. The third-order valence-electron chi connectivity index (χ3n) is 11.8. The summed E-state index contributed by atoms with van der Waals surface area (Å²) in [6.45, 7) is 3.47. The number of hydrogen-bond acceptors (Lipinski definition) is 10. The second-order valence-corrected chi connectivity index (χ2v) is 17.5. The van der Waals surface area contributed by atoms with Crippen LogP contribution in [0.25, 0.3) is 10.9 Å². The maximum Gasteiger partial charge on any atom is 0.408 e. The number of ether oxygens (including phenoxy) is 3. The van der Waals surface area contributed by atoms with Crippen LogP contribution in [-0.4, -0.2) is 90.9 Å². The third-order valence-corrected chi connectivity index (χ3v) is 13.6. The van der Waals surface area contributed by atoms with E-state index in [1.54, 1.807) is 14.0 Å². The van der Waals surface area contributed by atoms with E-state index in [-0.39, 0.29) is 37.3 Å². The third kappa shape index (κ3) is 7.90. The van der Waals surface area contributed by atoms with Crippen LogP contribution in [-0.2, 0) is 35.6 Å². The number of rotatable bonds is 7. The highest BCUT2D eigenvalue weighted by molar-refractivity contribution is 7.91. The fourth-order valence-corrected chi connectivity index (χ4v) is 9.82. The monoisotopic (exact) mass is 753 g/mol. The number of methoxy groups -OCH3 is 1. The van der Waals surface area contributed by atoms with E-state index in [9.17, 15) is 27.6 Å². The van der Waals surface area contributed by atoms with Gasteiger partial charge in [-0.1, -0.05) is 26.2 Å². The second-order valence-electron chi connectivity index (χ2n) is 15.5. The van der Waals surface area contributed by atoms with Gasteiger partial charge in [0.1, 0.15) is 41.3 Å². The number of aryl methyl sites for hydroxylation is 1. The van der Waals surface area contributed by atoms with E-state index in [2.05, 4.69) is 15.4 Å². The Morgan fingerprint density at radius 3 is 2.58 bits per heavy atom. The number of nitrogens with zero attached hydrogens (tertiary/aromatic N) is 2. The molecule has 3 heterocycles. The van der Waals surface area contributed by atoms with Gasteiger partial charge in [-0.2, -0.15) is 0 Å². The van der Waals surface area contributed by atoms with Crippen molar-refractivity contribution in [3.8, 4) is 11.5 Å². The van der Waals surface area contributed by atoms with Crippen molar-refractivity contribution in [3.05, 3.63) is 30.0 Å². The van der Waals surface area contributed by atoms with Crippen molar-refractivity contribution in [1.29, 1.82) is 0 Å². The molecular formula is C38H51N5O9S. The maximum atomic E-state index is 14.2. The summed E-state index contributed by atoms with van der Waals surface area (Å²) in [4.78, 5) is 61.3. The predicted octanol–water partition coefficient (Wildman–Crippen LogP) is 3.88. The quantitative estimate of drug-likeness (QED) is 0.375. The van der Waals surface area contributed by atoms with Gasteiger partial charge in [-0.15, -0.1) is 0 Å². The Hall–Kier alpha value is -4.14. The van der Waals surface area contributed by atoms with Crippen LogP contribution in [0.4, 0.5) is 4.79 Å². The molecule has 0 radical (unpaired) electrons. The number of pyridine rings is 1. The van der Waals surface area contributed by atoms with Crippen LogP contribution in [0.5, 0.6) is 11.5 Å². The average Bonchev–Trinajstić information content (AvgIpc) is 4.02. The highest BCUT2D eigenvalue weighted by Gasteiger charge is 2.62. The molecule has 53 heavy (non-hydrogen) atoms. The smallest absolute Gasteiger partial charge is 0.408 e. The largest absolute Gasteiger partial charge is 0.497 e. The standard InChI is InChI=1S/C38H51N5O9S/c1-4-25-20-38(25,36(46)42-53(48,49)28-14-15-28)41-34(44)31-19-27-21-43(31)35(45)22(2)39-37(47)52-32-12-8-10-23(32)9-6-5-7-11-30-33(51-27)18-24-17-26(50-3)13-16-29(24)40-30/h13,16-18,22-23,25,27-28,31-32H,4-12,14-15,19-21H2,1-3H3,(H,39,47)(H,41,44)(H,42,46)/t22-,23+,25+,27+,31-,32+,38+/m0/s1. The molecule has 7 rings (SSSR count). The first kappa shape index (κ1) is 37.2. The molecule has 1 aromatic heterocycles. The Labute approximate surface area is 310 Å². The zero-order valence-corrected chi connectivity index (χ0v) is 31.5. The molecule has 288 valence electrons. The van der Waals surface area contributed by atoms with Crippen LogP contribution in [0.15, 0.2) is 24.3 Å². The number of alkyl carbamates (subject to hydrolysis) is 1. The lowest BCUT2D eigenvalue weighted by atomic mass is 9.97. The van der Waals surface area contributed by atoms with Gasteiger partial charge >= 0.3 is 6.09 Å². The Morgan fingerprint density at radius 2 is 1.85 bits per heavy atom. The first-order valence-corrected chi connectivity index (χ1v) is 20.8. The number of fused-ring (bicyclic) bond motifs is 5. The summed E-state index contributed by atoms with van der Waals surface area (Å²) in [5.74, 6) is -0.622. The van der Waals surface area contributed by atoms with E-state index in [0.29, 0.717) is 37.2 Å². The van der Waals surface area contributed by atoms with E-state index in [1.165, 1.54) is 4.90 Å². The lowest BCUT2D eigenvalue weighted by Gasteiger charge is -2.29. The number of carbonyl (C=O) groups excluding carboxylic acids is 4. The van der Waals surface area contributed by atoms with Crippen molar-refractivity contribution in [3.63, 3.8) is 0 Å². The molecule has 4 amide bonds. The molecule has 5 aliphatic rings. The molecule has 2 aliphatic heterocycles. The summed E-state index contributed by atoms with van der Waals surface area (Å²) >= 11 is 0. The molecule has 3 saturated carbocycles. The number of aromatic nitrogens is 1.